The monoisotopic (exact) mass is 244 g/mol. The van der Waals surface area contributed by atoms with Crippen molar-refractivity contribution in [3.05, 3.63) is 0 Å². The summed E-state index contributed by atoms with van der Waals surface area (Å²) in [6.07, 6.45) is 6.28. The number of hydrogen-bond donors (Lipinski definition) is 2. The van der Waals surface area contributed by atoms with Crippen LogP contribution in [0.3, 0.4) is 0 Å². The van der Waals surface area contributed by atoms with Crippen molar-refractivity contribution in [3.63, 3.8) is 0 Å². The number of nitrogens with two attached hydrogens (primary N) is 1. The van der Waals surface area contributed by atoms with E-state index in [2.05, 4.69) is 12.2 Å². The third kappa shape index (κ3) is 4.74. The van der Waals surface area contributed by atoms with Crippen LogP contribution in [0.2, 0.25) is 0 Å². The highest BCUT2D eigenvalue weighted by Crippen LogP contribution is 2.32. The lowest BCUT2D eigenvalue weighted by Gasteiger charge is -2.26. The zero-order valence-corrected chi connectivity index (χ0v) is 11.2. The molecule has 0 aromatic heterocycles. The number of likely N-dealkylation sites (N-methyl/N-ethyl adjacent to an activating group) is 1. The van der Waals surface area contributed by atoms with Crippen LogP contribution in [0.15, 0.2) is 0 Å². The van der Waals surface area contributed by atoms with Crippen LogP contribution in [-0.2, 0) is 4.79 Å². The van der Waals surface area contributed by atoms with Crippen LogP contribution in [0.1, 0.15) is 39.0 Å². The molecule has 1 saturated carbocycles. The van der Waals surface area contributed by atoms with E-state index in [4.69, 9.17) is 5.73 Å². The first-order valence-corrected chi connectivity index (χ1v) is 7.26. The maximum atomic E-state index is 11.0. The Balaban J connectivity index is 2.16. The molecule has 0 saturated heterocycles. The van der Waals surface area contributed by atoms with E-state index in [1.165, 1.54) is 25.7 Å². The summed E-state index contributed by atoms with van der Waals surface area (Å²) >= 11 is 2.01. The number of rotatable bonds is 6. The maximum Gasteiger partial charge on any atom is 0.234 e. The summed E-state index contributed by atoms with van der Waals surface area (Å²) in [5, 5.41) is 3.76. The first-order chi connectivity index (χ1) is 7.63. The molecule has 3 atom stereocenters. The minimum atomic E-state index is -0.236. The van der Waals surface area contributed by atoms with Gasteiger partial charge in [0.1, 0.15) is 0 Å². The molecule has 1 aliphatic rings. The van der Waals surface area contributed by atoms with Crippen molar-refractivity contribution in [2.45, 2.75) is 50.3 Å². The topological polar surface area (TPSA) is 55.1 Å². The molecule has 3 nitrogen and oxygen atoms in total. The second-order valence-electron chi connectivity index (χ2n) is 4.80. The normalized spacial score (nSPS) is 27.6. The number of primary amides is 1. The first-order valence-electron chi connectivity index (χ1n) is 6.21. The number of hydrogen-bond acceptors (Lipinski definition) is 3. The first kappa shape index (κ1) is 13.8. The molecular weight excluding hydrogens is 220 g/mol. The zero-order chi connectivity index (χ0) is 12.0. The smallest absolute Gasteiger partial charge is 0.234 e. The number of carbonyl (C=O) groups excluding carboxylic acids is 1. The van der Waals surface area contributed by atoms with Gasteiger partial charge in [0.2, 0.25) is 5.91 Å². The van der Waals surface area contributed by atoms with Crippen molar-refractivity contribution in [1.29, 1.82) is 0 Å². The van der Waals surface area contributed by atoms with Crippen molar-refractivity contribution >= 4 is 17.7 Å². The van der Waals surface area contributed by atoms with Gasteiger partial charge in [0.05, 0.1) is 6.04 Å². The second-order valence-corrected chi connectivity index (χ2v) is 6.21. The second kappa shape index (κ2) is 7.17. The molecule has 3 unspecified atom stereocenters. The number of nitrogens with one attached hydrogen (secondary N) is 1. The predicted molar refractivity (Wildman–Crippen MR) is 70.5 cm³/mol. The van der Waals surface area contributed by atoms with Crippen LogP contribution in [0.5, 0.6) is 0 Å². The maximum absolute atomic E-state index is 11.0. The van der Waals surface area contributed by atoms with Gasteiger partial charge in [-0.15, -0.1) is 0 Å². The molecule has 94 valence electrons. The number of carbonyl (C=O) groups is 1. The van der Waals surface area contributed by atoms with Crippen LogP contribution in [0, 0.1) is 5.92 Å². The highest BCUT2D eigenvalue weighted by Gasteiger charge is 2.20. The van der Waals surface area contributed by atoms with Gasteiger partial charge in [-0.05, 0) is 38.0 Å². The molecule has 4 heteroatoms. The Labute approximate surface area is 103 Å². The van der Waals surface area contributed by atoms with Gasteiger partial charge in [0.25, 0.3) is 0 Å². The van der Waals surface area contributed by atoms with Crippen LogP contribution >= 0.6 is 11.8 Å². The summed E-state index contributed by atoms with van der Waals surface area (Å²) in [7, 11) is 1.79. The van der Waals surface area contributed by atoms with Gasteiger partial charge in [0.15, 0.2) is 0 Å². The SMILES string of the molecule is CNC(CCSC1CCCC(C)C1)C(N)=O. The highest BCUT2D eigenvalue weighted by atomic mass is 32.2. The summed E-state index contributed by atoms with van der Waals surface area (Å²) in [4.78, 5) is 11.0. The number of amides is 1. The molecule has 0 aromatic rings. The van der Waals surface area contributed by atoms with Gasteiger partial charge >= 0.3 is 0 Å². The summed E-state index contributed by atoms with van der Waals surface area (Å²) in [5.74, 6) is 1.67. The fourth-order valence-electron chi connectivity index (χ4n) is 2.31. The molecule has 1 amide bonds. The summed E-state index contributed by atoms with van der Waals surface area (Å²) in [5.41, 5.74) is 5.28. The van der Waals surface area contributed by atoms with Crippen molar-refractivity contribution in [2.24, 2.45) is 11.7 Å². The molecule has 1 aliphatic carbocycles. The third-order valence-corrected chi connectivity index (χ3v) is 4.71. The van der Waals surface area contributed by atoms with E-state index in [0.717, 1.165) is 23.3 Å². The minimum absolute atomic E-state index is 0.159. The highest BCUT2D eigenvalue weighted by molar-refractivity contribution is 7.99. The fraction of sp³-hybridized carbons (Fsp3) is 0.917. The average molecular weight is 244 g/mol. The van der Waals surface area contributed by atoms with Gasteiger partial charge < -0.3 is 11.1 Å². The Morgan fingerprint density at radius 3 is 2.88 bits per heavy atom. The molecule has 0 heterocycles. The van der Waals surface area contributed by atoms with Gasteiger partial charge in [-0.3, -0.25) is 4.79 Å². The van der Waals surface area contributed by atoms with Gasteiger partial charge in [-0.2, -0.15) is 11.8 Å². The molecule has 0 radical (unpaired) electrons. The van der Waals surface area contributed by atoms with Crippen LogP contribution in [0.25, 0.3) is 0 Å². The van der Waals surface area contributed by atoms with E-state index in [9.17, 15) is 4.79 Å². The lowest BCUT2D eigenvalue weighted by atomic mass is 9.91. The molecule has 0 bridgehead atoms. The molecule has 0 aliphatic heterocycles. The summed E-state index contributed by atoms with van der Waals surface area (Å²) in [6.45, 7) is 2.34. The Morgan fingerprint density at radius 2 is 2.31 bits per heavy atom. The predicted octanol–water partition coefficient (Wildman–Crippen LogP) is 1.76. The summed E-state index contributed by atoms with van der Waals surface area (Å²) in [6, 6.07) is -0.159. The van der Waals surface area contributed by atoms with Crippen molar-refractivity contribution in [1.82, 2.24) is 5.32 Å². The Morgan fingerprint density at radius 1 is 1.56 bits per heavy atom. The Bertz CT molecular complexity index is 223. The van der Waals surface area contributed by atoms with Gasteiger partial charge in [-0.25, -0.2) is 0 Å². The van der Waals surface area contributed by atoms with E-state index in [1.54, 1.807) is 7.05 Å². The molecule has 0 aromatic carbocycles. The van der Waals surface area contributed by atoms with Crippen LogP contribution in [0.4, 0.5) is 0 Å². The van der Waals surface area contributed by atoms with E-state index in [1.807, 2.05) is 11.8 Å². The molecular formula is C12H24N2OS. The molecule has 0 spiro atoms. The standard InChI is InChI=1S/C12H24N2OS/c1-9-4-3-5-10(8-9)16-7-6-11(14-2)12(13)15/h9-11,14H,3-8H2,1-2H3,(H2,13,15). The van der Waals surface area contributed by atoms with E-state index in [0.29, 0.717) is 0 Å². The Kier molecular flexibility index (Phi) is 6.21. The van der Waals surface area contributed by atoms with Crippen LogP contribution < -0.4 is 11.1 Å². The van der Waals surface area contributed by atoms with E-state index in [-0.39, 0.29) is 11.9 Å². The van der Waals surface area contributed by atoms with Crippen molar-refractivity contribution < 1.29 is 4.79 Å². The van der Waals surface area contributed by atoms with Crippen LogP contribution in [-0.4, -0.2) is 30.0 Å². The molecule has 3 N–H and O–H groups in total. The Hall–Kier alpha value is -0.220. The summed E-state index contributed by atoms with van der Waals surface area (Å²) < 4.78 is 0. The molecule has 16 heavy (non-hydrogen) atoms. The zero-order valence-electron chi connectivity index (χ0n) is 10.4. The molecule has 1 rings (SSSR count). The fourth-order valence-corrected chi connectivity index (χ4v) is 3.81. The third-order valence-electron chi connectivity index (χ3n) is 3.34. The average Bonchev–Trinajstić information content (AvgIpc) is 2.24. The lowest BCUT2D eigenvalue weighted by molar-refractivity contribution is -0.119. The lowest BCUT2D eigenvalue weighted by Crippen LogP contribution is -2.39. The minimum Gasteiger partial charge on any atom is -0.368 e. The van der Waals surface area contributed by atoms with Gasteiger partial charge in [-0.1, -0.05) is 19.8 Å². The quantitative estimate of drug-likeness (QED) is 0.748. The van der Waals surface area contributed by atoms with E-state index >= 15 is 0 Å². The van der Waals surface area contributed by atoms with Crippen molar-refractivity contribution in [2.75, 3.05) is 12.8 Å². The van der Waals surface area contributed by atoms with Gasteiger partial charge in [0, 0.05) is 5.25 Å². The van der Waals surface area contributed by atoms with Crippen molar-refractivity contribution in [3.8, 4) is 0 Å². The molecule has 1 fully saturated rings. The van der Waals surface area contributed by atoms with E-state index < -0.39 is 0 Å². The largest absolute Gasteiger partial charge is 0.368 e. The number of thioether (sulfide) groups is 1.